The molecule has 0 N–H and O–H groups in total. The minimum absolute atomic E-state index is 0.440. The molecule has 0 saturated heterocycles. The lowest BCUT2D eigenvalue weighted by Crippen LogP contribution is -2.19. The lowest BCUT2D eigenvalue weighted by atomic mass is 9.83. The van der Waals surface area contributed by atoms with Crippen LogP contribution in [0.5, 0.6) is 0 Å². The maximum Gasteiger partial charge on any atom is 0.0948 e. The number of aromatic nitrogens is 2. The van der Waals surface area contributed by atoms with Crippen molar-refractivity contribution in [3.05, 3.63) is 90.5 Å². The third-order valence-electron chi connectivity index (χ3n) is 6.50. The Bertz CT molecular complexity index is 795. The second-order valence-electron chi connectivity index (χ2n) is 8.90. The molecule has 0 fully saturated rings. The van der Waals surface area contributed by atoms with E-state index in [4.69, 9.17) is 0 Å². The maximum absolute atomic E-state index is 4.38. The van der Waals surface area contributed by atoms with Crippen LogP contribution in [0.2, 0.25) is 0 Å². The number of rotatable bonds is 15. The molecule has 2 unspecified atom stereocenters. The van der Waals surface area contributed by atoms with Crippen LogP contribution >= 0.6 is 0 Å². The highest BCUT2D eigenvalue weighted by molar-refractivity contribution is 5.25. The molecule has 3 rings (SSSR count). The summed E-state index contributed by atoms with van der Waals surface area (Å²) in [5.74, 6) is 0.451. The van der Waals surface area contributed by atoms with E-state index in [1.54, 1.807) is 0 Å². The van der Waals surface area contributed by atoms with Crippen molar-refractivity contribution in [1.29, 1.82) is 0 Å². The Morgan fingerprint density at radius 3 is 1.97 bits per heavy atom. The van der Waals surface area contributed by atoms with Crippen molar-refractivity contribution in [1.82, 2.24) is 9.55 Å². The number of unbranched alkanes of at least 4 members (excludes halogenated alkanes) is 8. The van der Waals surface area contributed by atoms with E-state index in [0.717, 1.165) is 6.42 Å². The summed E-state index contributed by atoms with van der Waals surface area (Å²) >= 11 is 0. The zero-order valence-corrected chi connectivity index (χ0v) is 19.3. The van der Waals surface area contributed by atoms with Gasteiger partial charge in [0.25, 0.3) is 0 Å². The molecule has 1 heterocycles. The van der Waals surface area contributed by atoms with Crippen molar-refractivity contribution in [2.45, 2.75) is 89.5 Å². The quantitative estimate of drug-likeness (QED) is 0.227. The third kappa shape index (κ3) is 8.01. The van der Waals surface area contributed by atoms with Gasteiger partial charge in [0.15, 0.2) is 0 Å². The molecule has 0 bridgehead atoms. The van der Waals surface area contributed by atoms with Gasteiger partial charge in [0.2, 0.25) is 0 Å². The standard InChI is InChI=1S/C29H40N2/c1-2-3-4-5-6-7-8-9-16-21-29(31-23-22-30-25-31)28(27-19-14-11-15-20-27)24-26-17-12-10-13-18-26/h10-15,17-20,22-23,25,28-29H,2-9,16,21,24H2,1H3. The molecule has 0 saturated carbocycles. The summed E-state index contributed by atoms with van der Waals surface area (Å²) in [5.41, 5.74) is 2.84. The van der Waals surface area contributed by atoms with Crippen LogP contribution in [0.4, 0.5) is 0 Å². The number of benzene rings is 2. The van der Waals surface area contributed by atoms with Gasteiger partial charge < -0.3 is 4.57 Å². The van der Waals surface area contributed by atoms with Crippen molar-refractivity contribution in [3.8, 4) is 0 Å². The fraction of sp³-hybridized carbons (Fsp3) is 0.483. The number of hydrogen-bond donors (Lipinski definition) is 0. The molecule has 31 heavy (non-hydrogen) atoms. The van der Waals surface area contributed by atoms with Gasteiger partial charge in [-0.1, -0.05) is 125 Å². The van der Waals surface area contributed by atoms with Crippen molar-refractivity contribution in [3.63, 3.8) is 0 Å². The number of hydrogen-bond acceptors (Lipinski definition) is 1. The smallest absolute Gasteiger partial charge is 0.0948 e. The molecule has 2 heteroatoms. The van der Waals surface area contributed by atoms with Crippen LogP contribution in [0.15, 0.2) is 79.4 Å². The monoisotopic (exact) mass is 416 g/mol. The first kappa shape index (κ1) is 23.3. The highest BCUT2D eigenvalue weighted by atomic mass is 15.1. The average Bonchev–Trinajstić information content (AvgIpc) is 3.35. The van der Waals surface area contributed by atoms with Crippen LogP contribution in [-0.2, 0) is 6.42 Å². The predicted octanol–water partition coefficient (Wildman–Crippen LogP) is 8.37. The zero-order chi connectivity index (χ0) is 21.6. The van der Waals surface area contributed by atoms with Crippen LogP contribution < -0.4 is 0 Å². The summed E-state index contributed by atoms with van der Waals surface area (Å²) in [7, 11) is 0. The van der Waals surface area contributed by atoms with Gasteiger partial charge in [0.05, 0.1) is 6.33 Å². The van der Waals surface area contributed by atoms with Crippen LogP contribution in [0, 0.1) is 0 Å². The highest BCUT2D eigenvalue weighted by Gasteiger charge is 2.24. The Balaban J connectivity index is 1.62. The summed E-state index contributed by atoms with van der Waals surface area (Å²) in [6.45, 7) is 2.29. The van der Waals surface area contributed by atoms with E-state index in [0.29, 0.717) is 12.0 Å². The van der Waals surface area contributed by atoms with Gasteiger partial charge in [-0.05, 0) is 24.0 Å². The Morgan fingerprint density at radius 1 is 0.742 bits per heavy atom. The normalized spacial score (nSPS) is 13.2. The summed E-state index contributed by atoms with van der Waals surface area (Å²) in [4.78, 5) is 4.38. The fourth-order valence-electron chi connectivity index (χ4n) is 4.73. The van der Waals surface area contributed by atoms with E-state index >= 15 is 0 Å². The molecule has 3 aromatic rings. The molecule has 0 radical (unpaired) electrons. The van der Waals surface area contributed by atoms with Gasteiger partial charge in [0, 0.05) is 24.4 Å². The van der Waals surface area contributed by atoms with Crippen molar-refractivity contribution in [2.75, 3.05) is 0 Å². The van der Waals surface area contributed by atoms with Crippen molar-refractivity contribution >= 4 is 0 Å². The molecular weight excluding hydrogens is 376 g/mol. The molecule has 2 nitrogen and oxygen atoms in total. The van der Waals surface area contributed by atoms with Crippen molar-refractivity contribution in [2.24, 2.45) is 0 Å². The first-order valence-electron chi connectivity index (χ1n) is 12.4. The van der Waals surface area contributed by atoms with E-state index in [2.05, 4.69) is 83.3 Å². The van der Waals surface area contributed by atoms with E-state index in [9.17, 15) is 0 Å². The molecule has 2 aromatic carbocycles. The first-order chi connectivity index (χ1) is 15.4. The first-order valence-corrected chi connectivity index (χ1v) is 12.4. The highest BCUT2D eigenvalue weighted by Crippen LogP contribution is 2.36. The molecule has 0 aliphatic heterocycles. The minimum atomic E-state index is 0.440. The van der Waals surface area contributed by atoms with Gasteiger partial charge in [0.1, 0.15) is 0 Å². The summed E-state index contributed by atoms with van der Waals surface area (Å²) in [6.07, 6.45) is 20.7. The van der Waals surface area contributed by atoms with Crippen LogP contribution in [-0.4, -0.2) is 9.55 Å². The number of imidazole rings is 1. The molecule has 0 aliphatic carbocycles. The molecule has 0 aliphatic rings. The second-order valence-corrected chi connectivity index (χ2v) is 8.90. The van der Waals surface area contributed by atoms with Gasteiger partial charge in [-0.25, -0.2) is 4.98 Å². The topological polar surface area (TPSA) is 17.8 Å². The summed E-state index contributed by atoms with van der Waals surface area (Å²) in [5, 5.41) is 0. The van der Waals surface area contributed by atoms with E-state index in [-0.39, 0.29) is 0 Å². The molecular formula is C29H40N2. The van der Waals surface area contributed by atoms with Gasteiger partial charge in [-0.15, -0.1) is 0 Å². The Labute approximate surface area is 189 Å². The lowest BCUT2D eigenvalue weighted by Gasteiger charge is -2.29. The molecule has 1 aromatic heterocycles. The summed E-state index contributed by atoms with van der Waals surface area (Å²) < 4.78 is 2.35. The number of nitrogens with zero attached hydrogens (tertiary/aromatic N) is 2. The second kappa shape index (κ2) is 13.9. The molecule has 2 atom stereocenters. The largest absolute Gasteiger partial charge is 0.334 e. The van der Waals surface area contributed by atoms with Crippen LogP contribution in [0.3, 0.4) is 0 Å². The SMILES string of the molecule is CCCCCCCCCCCC(C(Cc1ccccc1)c1ccccc1)n1ccnc1. The summed E-state index contributed by atoms with van der Waals surface area (Å²) in [6, 6.07) is 22.5. The van der Waals surface area contributed by atoms with Gasteiger partial charge >= 0.3 is 0 Å². The van der Waals surface area contributed by atoms with Crippen LogP contribution in [0.25, 0.3) is 0 Å². The van der Waals surface area contributed by atoms with E-state index < -0.39 is 0 Å². The predicted molar refractivity (Wildman–Crippen MR) is 132 cm³/mol. The van der Waals surface area contributed by atoms with Gasteiger partial charge in [-0.3, -0.25) is 0 Å². The minimum Gasteiger partial charge on any atom is -0.334 e. The Hall–Kier alpha value is -2.35. The van der Waals surface area contributed by atoms with Crippen LogP contribution in [0.1, 0.15) is 94.2 Å². The third-order valence-corrected chi connectivity index (χ3v) is 6.50. The zero-order valence-electron chi connectivity index (χ0n) is 19.3. The van der Waals surface area contributed by atoms with Gasteiger partial charge in [-0.2, -0.15) is 0 Å². The fourth-order valence-corrected chi connectivity index (χ4v) is 4.73. The Morgan fingerprint density at radius 2 is 1.35 bits per heavy atom. The van der Waals surface area contributed by atoms with Crippen molar-refractivity contribution < 1.29 is 0 Å². The molecule has 0 amide bonds. The van der Waals surface area contributed by atoms with E-state index in [1.807, 2.05) is 12.5 Å². The maximum atomic E-state index is 4.38. The van der Waals surface area contributed by atoms with E-state index in [1.165, 1.54) is 75.3 Å². The molecule has 0 spiro atoms. The average molecular weight is 417 g/mol. The Kier molecular flexibility index (Phi) is 10.4. The molecule has 166 valence electrons. The lowest BCUT2D eigenvalue weighted by molar-refractivity contribution is 0.366.